The highest BCUT2D eigenvalue weighted by molar-refractivity contribution is 6.61. The number of rotatable bonds is 1. The third kappa shape index (κ3) is 3.15. The summed E-state index contributed by atoms with van der Waals surface area (Å²) >= 11 is 0. The summed E-state index contributed by atoms with van der Waals surface area (Å²) < 4.78 is 11.6. The molecule has 2 rings (SSSR count). The first-order chi connectivity index (χ1) is 8.28. The molecule has 0 bridgehead atoms. The smallest absolute Gasteiger partial charge is 0.407 e. The normalized spacial score (nSPS) is 19.9. The van der Waals surface area contributed by atoms with Crippen molar-refractivity contribution in [3.8, 4) is 0 Å². The van der Waals surface area contributed by atoms with E-state index in [4.69, 9.17) is 9.31 Å². The van der Waals surface area contributed by atoms with E-state index in [2.05, 4.69) is 58.9 Å². The molecule has 1 heterocycles. The summed E-state index contributed by atoms with van der Waals surface area (Å²) in [6.07, 6.45) is 0. The van der Waals surface area contributed by atoms with Crippen LogP contribution in [0.25, 0.3) is 0 Å². The fourth-order valence-electron chi connectivity index (χ4n) is 2.03. The van der Waals surface area contributed by atoms with Crippen molar-refractivity contribution < 1.29 is 9.31 Å². The van der Waals surface area contributed by atoms with Gasteiger partial charge in [-0.1, -0.05) is 58.9 Å². The Morgan fingerprint density at radius 1 is 1.00 bits per heavy atom. The van der Waals surface area contributed by atoms with Crippen LogP contribution in [0.4, 0.5) is 0 Å². The van der Waals surface area contributed by atoms with E-state index >= 15 is 0 Å². The Morgan fingerprint density at radius 2 is 1.50 bits per heavy atom. The van der Waals surface area contributed by atoms with E-state index in [-0.39, 0.29) is 17.9 Å². The predicted octanol–water partition coefficient (Wildman–Crippen LogP) is 2.75. The standard InChI is InChI=1S/C15H23BO2/c1-14(2,3)12-6-8-13(9-7-12)16-17-10-15(4,5)11-18-16/h6-9H,10-11H2,1-5H3. The van der Waals surface area contributed by atoms with Gasteiger partial charge in [0.25, 0.3) is 0 Å². The molecule has 0 N–H and O–H groups in total. The van der Waals surface area contributed by atoms with Crippen LogP contribution in [-0.4, -0.2) is 20.3 Å². The molecule has 0 unspecified atom stereocenters. The van der Waals surface area contributed by atoms with Gasteiger partial charge in [0, 0.05) is 18.6 Å². The summed E-state index contributed by atoms with van der Waals surface area (Å²) in [6, 6.07) is 8.57. The summed E-state index contributed by atoms with van der Waals surface area (Å²) in [5.74, 6) is 0. The molecule has 3 heteroatoms. The Hall–Kier alpha value is -0.795. The van der Waals surface area contributed by atoms with Crippen LogP contribution >= 0.6 is 0 Å². The average Bonchev–Trinajstić information content (AvgIpc) is 2.28. The van der Waals surface area contributed by atoms with Crippen molar-refractivity contribution in [3.63, 3.8) is 0 Å². The Balaban J connectivity index is 2.07. The molecule has 0 amide bonds. The Labute approximate surface area is 111 Å². The van der Waals surface area contributed by atoms with Gasteiger partial charge < -0.3 is 9.31 Å². The first-order valence-corrected chi connectivity index (χ1v) is 6.62. The van der Waals surface area contributed by atoms with Crippen molar-refractivity contribution >= 4 is 12.6 Å². The molecular formula is C15H23BO2. The van der Waals surface area contributed by atoms with Crippen molar-refractivity contribution in [2.45, 2.75) is 40.0 Å². The quantitative estimate of drug-likeness (QED) is 0.709. The van der Waals surface area contributed by atoms with Crippen LogP contribution in [-0.2, 0) is 14.7 Å². The third-order valence-electron chi connectivity index (χ3n) is 3.30. The minimum atomic E-state index is -0.202. The van der Waals surface area contributed by atoms with Crippen LogP contribution in [0.1, 0.15) is 40.2 Å². The van der Waals surface area contributed by atoms with Gasteiger partial charge in [0.1, 0.15) is 0 Å². The SMILES string of the molecule is CC1(C)COB(c2ccc(C(C)(C)C)cc2)OC1. The van der Waals surface area contributed by atoms with Crippen LogP contribution in [0.5, 0.6) is 0 Å². The van der Waals surface area contributed by atoms with Gasteiger partial charge in [-0.25, -0.2) is 0 Å². The van der Waals surface area contributed by atoms with Crippen molar-refractivity contribution in [1.82, 2.24) is 0 Å². The second-order valence-corrected chi connectivity index (χ2v) is 6.99. The van der Waals surface area contributed by atoms with Gasteiger partial charge in [0.2, 0.25) is 0 Å². The van der Waals surface area contributed by atoms with Crippen LogP contribution in [0.3, 0.4) is 0 Å². The molecule has 0 radical (unpaired) electrons. The largest absolute Gasteiger partial charge is 0.493 e. The topological polar surface area (TPSA) is 18.5 Å². The first-order valence-electron chi connectivity index (χ1n) is 6.62. The minimum Gasteiger partial charge on any atom is -0.407 e. The molecule has 18 heavy (non-hydrogen) atoms. The van der Waals surface area contributed by atoms with E-state index < -0.39 is 0 Å². The van der Waals surface area contributed by atoms with Crippen LogP contribution in [0.2, 0.25) is 0 Å². The number of hydrogen-bond acceptors (Lipinski definition) is 2. The molecule has 1 aromatic rings. The Morgan fingerprint density at radius 3 is 1.94 bits per heavy atom. The maximum atomic E-state index is 5.78. The molecule has 1 aliphatic rings. The monoisotopic (exact) mass is 246 g/mol. The lowest BCUT2D eigenvalue weighted by Crippen LogP contribution is -2.47. The molecule has 0 saturated carbocycles. The van der Waals surface area contributed by atoms with Crippen molar-refractivity contribution in [2.24, 2.45) is 5.41 Å². The van der Waals surface area contributed by atoms with E-state index in [9.17, 15) is 0 Å². The Kier molecular flexibility index (Phi) is 3.57. The summed E-state index contributed by atoms with van der Waals surface area (Å²) in [7, 11) is -0.202. The Bertz CT molecular complexity index is 393. The maximum Gasteiger partial charge on any atom is 0.493 e. The van der Waals surface area contributed by atoms with Crippen molar-refractivity contribution in [3.05, 3.63) is 29.8 Å². The summed E-state index contributed by atoms with van der Waals surface area (Å²) in [4.78, 5) is 0. The third-order valence-corrected chi connectivity index (χ3v) is 3.30. The molecule has 98 valence electrons. The highest BCUT2D eigenvalue weighted by atomic mass is 16.6. The molecule has 0 aromatic heterocycles. The summed E-state index contributed by atoms with van der Waals surface area (Å²) in [6.45, 7) is 12.5. The molecule has 1 aliphatic heterocycles. The fourth-order valence-corrected chi connectivity index (χ4v) is 2.03. The zero-order valence-electron chi connectivity index (χ0n) is 12.1. The van der Waals surface area contributed by atoms with Crippen LogP contribution in [0, 0.1) is 5.41 Å². The zero-order valence-corrected chi connectivity index (χ0v) is 12.1. The second-order valence-electron chi connectivity index (χ2n) is 6.99. The van der Waals surface area contributed by atoms with E-state index in [1.807, 2.05) is 0 Å². The fraction of sp³-hybridized carbons (Fsp3) is 0.600. The summed E-state index contributed by atoms with van der Waals surface area (Å²) in [5, 5.41) is 0. The lowest BCUT2D eigenvalue weighted by atomic mass is 9.74. The zero-order chi connectivity index (χ0) is 13.4. The first kappa shape index (κ1) is 13.6. The van der Waals surface area contributed by atoms with Crippen LogP contribution in [0.15, 0.2) is 24.3 Å². The van der Waals surface area contributed by atoms with Gasteiger partial charge in [0.05, 0.1) is 0 Å². The molecule has 0 aliphatic carbocycles. The van der Waals surface area contributed by atoms with Gasteiger partial charge in [-0.3, -0.25) is 0 Å². The molecule has 1 aromatic carbocycles. The van der Waals surface area contributed by atoms with Crippen molar-refractivity contribution in [1.29, 1.82) is 0 Å². The number of hydrogen-bond donors (Lipinski definition) is 0. The molecular weight excluding hydrogens is 223 g/mol. The lowest BCUT2D eigenvalue weighted by molar-refractivity contribution is 0.0343. The van der Waals surface area contributed by atoms with E-state index in [0.29, 0.717) is 0 Å². The van der Waals surface area contributed by atoms with Crippen LogP contribution < -0.4 is 5.46 Å². The van der Waals surface area contributed by atoms with Gasteiger partial charge in [-0.15, -0.1) is 0 Å². The number of benzene rings is 1. The minimum absolute atomic E-state index is 0.127. The summed E-state index contributed by atoms with van der Waals surface area (Å²) in [5.41, 5.74) is 2.76. The average molecular weight is 246 g/mol. The van der Waals surface area contributed by atoms with E-state index in [1.54, 1.807) is 0 Å². The molecule has 0 spiro atoms. The van der Waals surface area contributed by atoms with Gasteiger partial charge in [0.15, 0.2) is 0 Å². The molecule has 2 nitrogen and oxygen atoms in total. The van der Waals surface area contributed by atoms with E-state index in [0.717, 1.165) is 18.7 Å². The molecule has 1 saturated heterocycles. The van der Waals surface area contributed by atoms with E-state index in [1.165, 1.54) is 5.56 Å². The highest BCUT2D eigenvalue weighted by Crippen LogP contribution is 2.23. The highest BCUT2D eigenvalue weighted by Gasteiger charge is 2.33. The van der Waals surface area contributed by atoms with Gasteiger partial charge in [-0.05, 0) is 16.4 Å². The maximum absolute atomic E-state index is 5.78. The lowest BCUT2D eigenvalue weighted by Gasteiger charge is -2.33. The molecule has 0 atom stereocenters. The molecule has 1 fully saturated rings. The predicted molar refractivity (Wildman–Crippen MR) is 76.2 cm³/mol. The van der Waals surface area contributed by atoms with Gasteiger partial charge in [-0.2, -0.15) is 0 Å². The second kappa shape index (κ2) is 4.71. The van der Waals surface area contributed by atoms with Crippen molar-refractivity contribution in [2.75, 3.05) is 13.2 Å². The van der Waals surface area contributed by atoms with Gasteiger partial charge >= 0.3 is 7.12 Å².